The maximum Gasteiger partial charge on any atom is 0.247 e. The van der Waals surface area contributed by atoms with Gasteiger partial charge in [0.25, 0.3) is 0 Å². The van der Waals surface area contributed by atoms with E-state index in [9.17, 15) is 0 Å². The van der Waals surface area contributed by atoms with Crippen molar-refractivity contribution >= 4 is 84.9 Å². The van der Waals surface area contributed by atoms with Crippen LogP contribution in [0.1, 0.15) is 0 Å². The van der Waals surface area contributed by atoms with Crippen molar-refractivity contribution < 1.29 is 17.1 Å². The molecule has 0 unspecified atom stereocenters. The molecule has 11 aromatic rings. The van der Waals surface area contributed by atoms with Gasteiger partial charge in [0.1, 0.15) is 11.5 Å². The van der Waals surface area contributed by atoms with Crippen molar-refractivity contribution in [3.8, 4) is 17.1 Å². The first-order valence-corrected chi connectivity index (χ1v) is 19.3. The first-order chi connectivity index (χ1) is 26.3. The van der Waals surface area contributed by atoms with E-state index in [0.29, 0.717) is 0 Å². The number of aromatic nitrogens is 5. The monoisotopic (exact) mass is 755 g/mol. The smallest absolute Gasteiger partial charge is 0.247 e. The molecule has 0 spiro atoms. The zero-order valence-electron chi connectivity index (χ0n) is 28.9. The molecule has 0 atom stereocenters. The first-order valence-electron chi connectivity index (χ1n) is 17.9. The molecule has 5 nitrogen and oxygen atoms in total. The van der Waals surface area contributed by atoms with E-state index in [4.69, 9.17) is 15.0 Å². The maximum absolute atomic E-state index is 5.70. The Morgan fingerprint density at radius 1 is 0.463 bits per heavy atom. The van der Waals surface area contributed by atoms with Crippen molar-refractivity contribution in [2.75, 3.05) is 0 Å². The van der Waals surface area contributed by atoms with E-state index in [1.54, 1.807) is 0 Å². The third-order valence-corrected chi connectivity index (χ3v) is 13.1. The van der Waals surface area contributed by atoms with Crippen LogP contribution in [0.15, 0.2) is 182 Å². The minimum absolute atomic E-state index is 0. The number of fused-ring (bicyclic) bond motifs is 9. The topological polar surface area (TPSA) is 48.5 Å². The Bertz CT molecular complexity index is 3150. The average molecular weight is 756 g/mol. The Morgan fingerprint density at radius 2 is 1.13 bits per heavy atom. The predicted octanol–water partition coefficient (Wildman–Crippen LogP) is 9.70. The number of pyridine rings is 3. The second-order valence-corrected chi connectivity index (χ2v) is 15.7. The fourth-order valence-corrected chi connectivity index (χ4v) is 10.9. The number of hydrogen-bond acceptors (Lipinski definition) is 3. The summed E-state index contributed by atoms with van der Waals surface area (Å²) in [6.45, 7) is 0. The van der Waals surface area contributed by atoms with Crippen LogP contribution in [0.2, 0.25) is 0 Å². The fourth-order valence-electron chi connectivity index (χ4n) is 8.14. The van der Waals surface area contributed by atoms with E-state index in [-0.39, 0.29) is 17.1 Å². The molecule has 258 valence electrons. The molecule has 54 heavy (non-hydrogen) atoms. The van der Waals surface area contributed by atoms with Crippen LogP contribution >= 0.6 is 0 Å². The zero-order chi connectivity index (χ0) is 34.9. The van der Waals surface area contributed by atoms with Crippen molar-refractivity contribution in [1.29, 1.82) is 0 Å². The molecular formula is C47H30CuN5Si. The second-order valence-electron chi connectivity index (χ2n) is 13.4. The van der Waals surface area contributed by atoms with E-state index in [2.05, 4.69) is 179 Å². The van der Waals surface area contributed by atoms with Crippen LogP contribution in [0.25, 0.3) is 82.6 Å². The van der Waals surface area contributed by atoms with E-state index >= 15 is 0 Å². The summed E-state index contributed by atoms with van der Waals surface area (Å²) in [5.74, 6) is 0.819. The maximum atomic E-state index is 5.70. The summed E-state index contributed by atoms with van der Waals surface area (Å²) in [5.41, 5.74) is 8.14. The molecule has 0 aliphatic carbocycles. The SMILES string of the molecule is [Cu].c1ccc([Si](c2ccccc2)n2c3ccccc3c3ccc4cc5c6ccccc6n(-c6cccc(-c7cccc8cccnc78)n6)c5nc4c32)cc1. The van der Waals surface area contributed by atoms with Crippen LogP contribution in [-0.2, 0) is 17.1 Å². The molecule has 5 aromatic heterocycles. The van der Waals surface area contributed by atoms with Crippen LogP contribution in [0, 0.1) is 0 Å². The quantitative estimate of drug-likeness (QED) is 0.165. The Hall–Kier alpha value is -6.37. The number of rotatable bonds is 5. The summed E-state index contributed by atoms with van der Waals surface area (Å²) in [7, 11) is -1.52. The van der Waals surface area contributed by atoms with Gasteiger partial charge in [0.05, 0.1) is 27.8 Å². The predicted molar refractivity (Wildman–Crippen MR) is 221 cm³/mol. The van der Waals surface area contributed by atoms with Gasteiger partial charge in [0, 0.05) is 66.7 Å². The molecular weight excluding hydrogens is 726 g/mol. The number of benzene rings is 6. The molecule has 0 saturated carbocycles. The van der Waals surface area contributed by atoms with Gasteiger partial charge in [-0.1, -0.05) is 140 Å². The van der Waals surface area contributed by atoms with Gasteiger partial charge in [-0.2, -0.15) is 0 Å². The summed E-state index contributed by atoms with van der Waals surface area (Å²) >= 11 is 0. The molecule has 0 amide bonds. The largest absolute Gasteiger partial charge is 0.357 e. The van der Waals surface area contributed by atoms with Gasteiger partial charge in [0.2, 0.25) is 8.96 Å². The molecule has 0 N–H and O–H groups in total. The van der Waals surface area contributed by atoms with Crippen molar-refractivity contribution in [2.45, 2.75) is 0 Å². The molecule has 0 bridgehead atoms. The first kappa shape index (κ1) is 32.3. The zero-order valence-corrected chi connectivity index (χ0v) is 30.8. The summed E-state index contributed by atoms with van der Waals surface area (Å²) in [6.07, 6.45) is 1.85. The molecule has 11 rings (SSSR count). The number of nitrogens with zero attached hydrogens (tertiary/aromatic N) is 5. The minimum atomic E-state index is -1.52. The normalized spacial score (nSPS) is 11.7. The molecule has 0 aliphatic rings. The molecule has 5 heterocycles. The van der Waals surface area contributed by atoms with Crippen molar-refractivity contribution in [1.82, 2.24) is 23.8 Å². The van der Waals surface area contributed by atoms with E-state index < -0.39 is 8.96 Å². The summed E-state index contributed by atoms with van der Waals surface area (Å²) in [6, 6.07) is 62.8. The standard InChI is InChI=1S/C47H30N5Si.Cu/c1-3-16-33(17-4-1)53(34-18-5-2-6-19-34)52-42-25-10-8-20-35(42)37-28-27-32-30-39-36-21-7-9-24-41(36)51(47(39)50-45(32)46(37)52)43-26-12-23-40(49-43)38-22-11-14-31-15-13-29-48-44(31)38;/h1-30H;. The summed E-state index contributed by atoms with van der Waals surface area (Å²) in [5, 5.41) is 9.54. The fraction of sp³-hybridized carbons (Fsp3) is 0. The molecule has 0 saturated heterocycles. The Balaban J connectivity index is 0.00000361. The van der Waals surface area contributed by atoms with Crippen LogP contribution < -0.4 is 10.4 Å². The van der Waals surface area contributed by atoms with Gasteiger partial charge < -0.3 is 4.23 Å². The van der Waals surface area contributed by atoms with Crippen LogP contribution in [-0.4, -0.2) is 32.7 Å². The van der Waals surface area contributed by atoms with Crippen molar-refractivity contribution in [3.63, 3.8) is 0 Å². The third-order valence-electron chi connectivity index (χ3n) is 10.4. The molecule has 2 radical (unpaired) electrons. The van der Waals surface area contributed by atoms with E-state index in [1.807, 2.05) is 12.3 Å². The third kappa shape index (κ3) is 4.94. The van der Waals surface area contributed by atoms with Crippen LogP contribution in [0.5, 0.6) is 0 Å². The number of hydrogen-bond donors (Lipinski definition) is 0. The second kappa shape index (κ2) is 12.9. The summed E-state index contributed by atoms with van der Waals surface area (Å²) < 4.78 is 4.85. The molecule has 6 aromatic carbocycles. The van der Waals surface area contributed by atoms with E-state index in [1.165, 1.54) is 26.7 Å². The molecule has 0 aliphatic heterocycles. The van der Waals surface area contributed by atoms with Crippen LogP contribution in [0.4, 0.5) is 0 Å². The Labute approximate surface area is 323 Å². The van der Waals surface area contributed by atoms with Crippen molar-refractivity contribution in [3.05, 3.63) is 182 Å². The number of para-hydroxylation sites is 3. The van der Waals surface area contributed by atoms with Gasteiger partial charge in [0.15, 0.2) is 0 Å². The van der Waals surface area contributed by atoms with Crippen molar-refractivity contribution in [2.24, 2.45) is 0 Å². The van der Waals surface area contributed by atoms with Gasteiger partial charge in [-0.05, 0) is 46.8 Å². The van der Waals surface area contributed by atoms with Gasteiger partial charge in [-0.15, -0.1) is 0 Å². The molecule has 7 heteroatoms. The van der Waals surface area contributed by atoms with Crippen LogP contribution in [0.3, 0.4) is 0 Å². The van der Waals surface area contributed by atoms with Gasteiger partial charge in [-0.3, -0.25) is 9.55 Å². The molecule has 0 fully saturated rings. The average Bonchev–Trinajstić information content (AvgIpc) is 3.73. The van der Waals surface area contributed by atoms with Gasteiger partial charge in [-0.25, -0.2) is 9.97 Å². The minimum Gasteiger partial charge on any atom is -0.357 e. The van der Waals surface area contributed by atoms with E-state index in [0.717, 1.165) is 66.3 Å². The summed E-state index contributed by atoms with van der Waals surface area (Å²) in [4.78, 5) is 15.8. The Morgan fingerprint density at radius 3 is 1.91 bits per heavy atom. The van der Waals surface area contributed by atoms with Gasteiger partial charge >= 0.3 is 0 Å². The Kier molecular flexibility index (Phi) is 7.73.